The zero-order valence-electron chi connectivity index (χ0n) is 15.5. The van der Waals surface area contributed by atoms with Crippen LogP contribution < -0.4 is 10.6 Å². The van der Waals surface area contributed by atoms with Crippen LogP contribution in [0.15, 0.2) is 35.1 Å². The second-order valence-electron chi connectivity index (χ2n) is 7.56. The van der Waals surface area contributed by atoms with Gasteiger partial charge in [-0.05, 0) is 31.7 Å². The van der Waals surface area contributed by atoms with Crippen LogP contribution in [0.4, 0.5) is 5.95 Å². The minimum Gasteiger partial charge on any atom is -0.370 e. The molecule has 3 rings (SSSR count). The highest BCUT2D eigenvalue weighted by atomic mass is 15.3. The molecule has 0 bridgehead atoms. The van der Waals surface area contributed by atoms with E-state index in [1.54, 1.807) is 18.0 Å². The molecule has 25 heavy (non-hydrogen) atoms. The lowest BCUT2D eigenvalue weighted by Crippen LogP contribution is -2.51. The number of hydrogen-bond donors (Lipinski definition) is 1. The van der Waals surface area contributed by atoms with Crippen molar-refractivity contribution in [3.8, 4) is 0 Å². The molecule has 1 fully saturated rings. The van der Waals surface area contributed by atoms with Gasteiger partial charge in [0.15, 0.2) is 5.96 Å². The number of aliphatic imine (C=N–C) groups is 1. The summed E-state index contributed by atoms with van der Waals surface area (Å²) in [6.07, 6.45) is 11.0. The summed E-state index contributed by atoms with van der Waals surface area (Å²) in [5.74, 6) is 1.46. The monoisotopic (exact) mass is 342 g/mol. The van der Waals surface area contributed by atoms with E-state index < -0.39 is 0 Å². The second kappa shape index (κ2) is 7.85. The number of anilines is 1. The SMILES string of the molecule is CC(C)(CN=C(N)N1CCN(c2ncccn2)CC1)C1=CCCCC1. The van der Waals surface area contributed by atoms with Gasteiger partial charge in [0.25, 0.3) is 0 Å². The van der Waals surface area contributed by atoms with Crippen LogP contribution in [0.25, 0.3) is 0 Å². The summed E-state index contributed by atoms with van der Waals surface area (Å²) >= 11 is 0. The Morgan fingerprint density at radius 2 is 1.88 bits per heavy atom. The molecule has 1 aliphatic heterocycles. The molecule has 0 aromatic carbocycles. The topological polar surface area (TPSA) is 70.6 Å². The highest BCUT2D eigenvalue weighted by molar-refractivity contribution is 5.78. The van der Waals surface area contributed by atoms with Gasteiger partial charge in [0.2, 0.25) is 5.95 Å². The van der Waals surface area contributed by atoms with Gasteiger partial charge in [-0.2, -0.15) is 0 Å². The van der Waals surface area contributed by atoms with Gasteiger partial charge in [0.05, 0.1) is 6.54 Å². The number of nitrogens with zero attached hydrogens (tertiary/aromatic N) is 5. The van der Waals surface area contributed by atoms with E-state index in [1.165, 1.54) is 25.7 Å². The lowest BCUT2D eigenvalue weighted by molar-refractivity contribution is 0.371. The number of guanidine groups is 1. The minimum absolute atomic E-state index is 0.102. The zero-order chi connectivity index (χ0) is 17.7. The standard InChI is InChI=1S/C19H30N6/c1-19(2,16-7-4-3-5-8-16)15-23-17(20)24-11-13-25(14-12-24)18-21-9-6-10-22-18/h6-7,9-10H,3-5,8,11-15H2,1-2H3,(H2,20,23). The summed E-state index contributed by atoms with van der Waals surface area (Å²) in [6, 6.07) is 1.84. The molecule has 0 atom stereocenters. The number of hydrogen-bond acceptors (Lipinski definition) is 4. The lowest BCUT2D eigenvalue weighted by atomic mass is 9.78. The molecule has 0 saturated carbocycles. The molecule has 136 valence electrons. The Hall–Kier alpha value is -2.11. The third-order valence-corrected chi connectivity index (χ3v) is 5.24. The fraction of sp³-hybridized carbons (Fsp3) is 0.632. The average molecular weight is 342 g/mol. The van der Waals surface area contributed by atoms with E-state index in [-0.39, 0.29) is 5.41 Å². The average Bonchev–Trinajstić information content (AvgIpc) is 2.68. The molecule has 0 spiro atoms. The van der Waals surface area contributed by atoms with Crippen LogP contribution in [-0.4, -0.2) is 53.6 Å². The largest absolute Gasteiger partial charge is 0.370 e. The zero-order valence-corrected chi connectivity index (χ0v) is 15.5. The number of nitrogens with two attached hydrogens (primary N) is 1. The van der Waals surface area contributed by atoms with Crippen molar-refractivity contribution < 1.29 is 0 Å². The fourth-order valence-corrected chi connectivity index (χ4v) is 3.52. The summed E-state index contributed by atoms with van der Waals surface area (Å²) in [5.41, 5.74) is 7.92. The van der Waals surface area contributed by atoms with Crippen molar-refractivity contribution in [2.24, 2.45) is 16.1 Å². The van der Waals surface area contributed by atoms with E-state index in [0.717, 1.165) is 38.7 Å². The maximum Gasteiger partial charge on any atom is 0.225 e. The first-order chi connectivity index (χ1) is 12.1. The van der Waals surface area contributed by atoms with Gasteiger partial charge in [-0.3, -0.25) is 4.99 Å². The second-order valence-corrected chi connectivity index (χ2v) is 7.56. The molecule has 1 aliphatic carbocycles. The summed E-state index contributed by atoms with van der Waals surface area (Å²) in [5, 5.41) is 0. The van der Waals surface area contributed by atoms with Crippen molar-refractivity contribution in [2.75, 3.05) is 37.6 Å². The van der Waals surface area contributed by atoms with Gasteiger partial charge in [-0.1, -0.05) is 25.5 Å². The fourth-order valence-electron chi connectivity index (χ4n) is 3.52. The van der Waals surface area contributed by atoms with Gasteiger partial charge in [-0.25, -0.2) is 9.97 Å². The molecule has 1 aromatic heterocycles. The molecule has 6 nitrogen and oxygen atoms in total. The van der Waals surface area contributed by atoms with Crippen molar-refractivity contribution in [1.82, 2.24) is 14.9 Å². The molecule has 1 saturated heterocycles. The maximum atomic E-state index is 6.28. The van der Waals surface area contributed by atoms with E-state index in [9.17, 15) is 0 Å². The third kappa shape index (κ3) is 4.50. The third-order valence-electron chi connectivity index (χ3n) is 5.24. The lowest BCUT2D eigenvalue weighted by Gasteiger charge is -2.35. The Morgan fingerprint density at radius 1 is 1.16 bits per heavy atom. The highest BCUT2D eigenvalue weighted by Gasteiger charge is 2.25. The van der Waals surface area contributed by atoms with Crippen LogP contribution in [0.2, 0.25) is 0 Å². The van der Waals surface area contributed by atoms with Gasteiger partial charge >= 0.3 is 0 Å². The molecule has 6 heteroatoms. The molecular weight excluding hydrogens is 312 g/mol. The van der Waals surface area contributed by atoms with E-state index in [2.05, 4.69) is 39.7 Å². The molecule has 0 amide bonds. The first-order valence-corrected chi connectivity index (χ1v) is 9.32. The quantitative estimate of drug-likeness (QED) is 0.517. The summed E-state index contributed by atoms with van der Waals surface area (Å²) in [7, 11) is 0. The number of rotatable bonds is 4. The van der Waals surface area contributed by atoms with Gasteiger partial charge in [0, 0.05) is 44.0 Å². The van der Waals surface area contributed by atoms with Gasteiger partial charge in [0.1, 0.15) is 0 Å². The number of allylic oxidation sites excluding steroid dienone is 1. The predicted molar refractivity (Wildman–Crippen MR) is 103 cm³/mol. The van der Waals surface area contributed by atoms with Crippen LogP contribution in [0.5, 0.6) is 0 Å². The Balaban J connectivity index is 1.54. The number of aromatic nitrogens is 2. The summed E-state index contributed by atoms with van der Waals surface area (Å²) in [4.78, 5) is 17.7. The molecule has 1 aromatic rings. The molecular formula is C19H30N6. The molecule has 2 heterocycles. The Morgan fingerprint density at radius 3 is 2.52 bits per heavy atom. The van der Waals surface area contributed by atoms with Crippen LogP contribution in [0, 0.1) is 5.41 Å². The van der Waals surface area contributed by atoms with E-state index in [4.69, 9.17) is 10.7 Å². The minimum atomic E-state index is 0.102. The molecule has 2 aliphatic rings. The molecule has 2 N–H and O–H groups in total. The van der Waals surface area contributed by atoms with Crippen molar-refractivity contribution >= 4 is 11.9 Å². The van der Waals surface area contributed by atoms with Crippen LogP contribution >= 0.6 is 0 Å². The molecule has 0 unspecified atom stereocenters. The van der Waals surface area contributed by atoms with E-state index in [0.29, 0.717) is 5.96 Å². The maximum absolute atomic E-state index is 6.28. The van der Waals surface area contributed by atoms with Crippen molar-refractivity contribution in [2.45, 2.75) is 39.5 Å². The van der Waals surface area contributed by atoms with Gasteiger partial charge < -0.3 is 15.5 Å². The van der Waals surface area contributed by atoms with Crippen molar-refractivity contribution in [3.05, 3.63) is 30.1 Å². The Kier molecular flexibility index (Phi) is 5.56. The normalized spacial score (nSPS) is 19.8. The van der Waals surface area contributed by atoms with Gasteiger partial charge in [-0.15, -0.1) is 0 Å². The predicted octanol–water partition coefficient (Wildman–Crippen LogP) is 2.44. The Labute approximate surface area is 150 Å². The van der Waals surface area contributed by atoms with Crippen LogP contribution in [-0.2, 0) is 0 Å². The first kappa shape index (κ1) is 17.7. The van der Waals surface area contributed by atoms with E-state index >= 15 is 0 Å². The summed E-state index contributed by atoms with van der Waals surface area (Å²) in [6.45, 7) is 8.78. The van der Waals surface area contributed by atoms with Crippen LogP contribution in [0.1, 0.15) is 39.5 Å². The molecule has 0 radical (unpaired) electrons. The Bertz CT molecular complexity index is 614. The first-order valence-electron chi connectivity index (χ1n) is 9.32. The highest BCUT2D eigenvalue weighted by Crippen LogP contribution is 2.34. The summed E-state index contributed by atoms with van der Waals surface area (Å²) < 4.78 is 0. The van der Waals surface area contributed by atoms with E-state index in [1.807, 2.05) is 6.07 Å². The smallest absolute Gasteiger partial charge is 0.225 e. The van der Waals surface area contributed by atoms with Crippen molar-refractivity contribution in [1.29, 1.82) is 0 Å². The van der Waals surface area contributed by atoms with Crippen molar-refractivity contribution in [3.63, 3.8) is 0 Å². The number of piperazine rings is 1. The van der Waals surface area contributed by atoms with Crippen LogP contribution in [0.3, 0.4) is 0 Å².